The van der Waals surface area contributed by atoms with E-state index in [1.165, 1.54) is 0 Å². The zero-order valence-electron chi connectivity index (χ0n) is 8.66. The molecule has 0 atom stereocenters. The molecular weight excluding hydrogens is 192 g/mol. The lowest BCUT2D eigenvalue weighted by molar-refractivity contribution is 0.292. The number of aliphatic hydroxyl groups is 1. The minimum absolute atomic E-state index is 0.138. The summed E-state index contributed by atoms with van der Waals surface area (Å²) in [6, 6.07) is 7.32. The highest BCUT2D eigenvalue weighted by molar-refractivity contribution is 5.60. The van der Waals surface area contributed by atoms with Crippen LogP contribution in [-0.2, 0) is 0 Å². The number of methoxy groups -OCH3 is 1. The van der Waals surface area contributed by atoms with Crippen LogP contribution < -0.4 is 10.1 Å². The Morgan fingerprint density at radius 3 is 2.93 bits per heavy atom. The number of rotatable bonds is 5. The zero-order valence-corrected chi connectivity index (χ0v) is 8.66. The Labute approximate surface area is 89.1 Å². The van der Waals surface area contributed by atoms with E-state index in [0.717, 1.165) is 5.69 Å². The summed E-state index contributed by atoms with van der Waals surface area (Å²) in [7, 11) is 1.58. The molecule has 0 aliphatic heterocycles. The normalized spacial score (nSPS) is 9.40. The van der Waals surface area contributed by atoms with Crippen LogP contribution in [0.15, 0.2) is 18.2 Å². The number of nitriles is 1. The molecule has 1 aromatic carbocycles. The average molecular weight is 206 g/mol. The van der Waals surface area contributed by atoms with Gasteiger partial charge in [0.05, 0.1) is 18.4 Å². The first kappa shape index (κ1) is 11.3. The molecule has 0 fully saturated rings. The predicted molar refractivity (Wildman–Crippen MR) is 57.9 cm³/mol. The Morgan fingerprint density at radius 1 is 1.53 bits per heavy atom. The van der Waals surface area contributed by atoms with Gasteiger partial charge in [-0.3, -0.25) is 0 Å². The first-order chi connectivity index (χ1) is 7.31. The van der Waals surface area contributed by atoms with Crippen LogP contribution in [0.3, 0.4) is 0 Å². The summed E-state index contributed by atoms with van der Waals surface area (Å²) < 4.78 is 5.06. The van der Waals surface area contributed by atoms with Gasteiger partial charge < -0.3 is 15.2 Å². The van der Waals surface area contributed by atoms with E-state index in [1.54, 1.807) is 25.3 Å². The highest BCUT2D eigenvalue weighted by Gasteiger charge is 2.02. The largest absolute Gasteiger partial charge is 0.497 e. The van der Waals surface area contributed by atoms with E-state index in [0.29, 0.717) is 24.3 Å². The van der Waals surface area contributed by atoms with Gasteiger partial charge in [0.25, 0.3) is 0 Å². The Kier molecular flexibility index (Phi) is 4.45. The van der Waals surface area contributed by atoms with Gasteiger partial charge in [-0.1, -0.05) is 0 Å². The van der Waals surface area contributed by atoms with Gasteiger partial charge in [0.2, 0.25) is 0 Å². The van der Waals surface area contributed by atoms with Gasteiger partial charge in [-0.15, -0.1) is 0 Å². The molecule has 0 aromatic heterocycles. The molecule has 0 radical (unpaired) electrons. The minimum Gasteiger partial charge on any atom is -0.497 e. The van der Waals surface area contributed by atoms with Crippen molar-refractivity contribution in [2.45, 2.75) is 6.42 Å². The maximum absolute atomic E-state index is 8.86. The van der Waals surface area contributed by atoms with Crippen molar-refractivity contribution >= 4 is 5.69 Å². The zero-order chi connectivity index (χ0) is 11.1. The molecule has 4 nitrogen and oxygen atoms in total. The molecule has 0 aliphatic carbocycles. The molecule has 2 N–H and O–H groups in total. The van der Waals surface area contributed by atoms with Gasteiger partial charge in [0.15, 0.2) is 0 Å². The van der Waals surface area contributed by atoms with Crippen molar-refractivity contribution in [3.63, 3.8) is 0 Å². The number of benzene rings is 1. The van der Waals surface area contributed by atoms with E-state index >= 15 is 0 Å². The number of hydrogen-bond donors (Lipinski definition) is 2. The van der Waals surface area contributed by atoms with Crippen molar-refractivity contribution in [3.05, 3.63) is 23.8 Å². The SMILES string of the molecule is COc1ccc(C#N)c(NCCCO)c1. The maximum atomic E-state index is 8.86. The van der Waals surface area contributed by atoms with Gasteiger partial charge >= 0.3 is 0 Å². The third kappa shape index (κ3) is 3.15. The summed E-state index contributed by atoms with van der Waals surface area (Å²) in [6.07, 6.45) is 0.655. The molecule has 1 aromatic rings. The first-order valence-electron chi connectivity index (χ1n) is 4.74. The third-order valence-electron chi connectivity index (χ3n) is 2.00. The minimum atomic E-state index is 0.138. The van der Waals surface area contributed by atoms with Gasteiger partial charge in [-0.05, 0) is 18.6 Å². The molecule has 1 rings (SSSR count). The summed E-state index contributed by atoms with van der Waals surface area (Å²) >= 11 is 0. The van der Waals surface area contributed by atoms with Crippen LogP contribution in [0.2, 0.25) is 0 Å². The van der Waals surface area contributed by atoms with E-state index in [1.807, 2.05) is 0 Å². The lowest BCUT2D eigenvalue weighted by Crippen LogP contribution is -2.05. The second-order valence-corrected chi connectivity index (χ2v) is 3.03. The second kappa shape index (κ2) is 5.89. The average Bonchev–Trinajstić information content (AvgIpc) is 2.29. The standard InChI is InChI=1S/C11H14N2O2/c1-15-10-4-3-9(8-12)11(7-10)13-5-2-6-14/h3-4,7,13-14H,2,5-6H2,1H3. The molecule has 0 saturated carbocycles. The van der Waals surface area contributed by atoms with Crippen LogP contribution >= 0.6 is 0 Å². The van der Waals surface area contributed by atoms with Gasteiger partial charge in [-0.25, -0.2) is 0 Å². The van der Waals surface area contributed by atoms with Crippen LogP contribution in [0.1, 0.15) is 12.0 Å². The van der Waals surface area contributed by atoms with E-state index in [2.05, 4.69) is 11.4 Å². The van der Waals surface area contributed by atoms with Crippen LogP contribution in [-0.4, -0.2) is 25.4 Å². The first-order valence-corrected chi connectivity index (χ1v) is 4.74. The third-order valence-corrected chi connectivity index (χ3v) is 2.00. The monoisotopic (exact) mass is 206 g/mol. The molecule has 0 unspecified atom stereocenters. The number of ether oxygens (including phenoxy) is 1. The quantitative estimate of drug-likeness (QED) is 0.714. The van der Waals surface area contributed by atoms with Crippen LogP contribution in [0.25, 0.3) is 0 Å². The molecule has 0 aliphatic rings. The van der Waals surface area contributed by atoms with Crippen molar-refractivity contribution in [3.8, 4) is 11.8 Å². The van der Waals surface area contributed by atoms with Crippen LogP contribution in [0.4, 0.5) is 5.69 Å². The Hall–Kier alpha value is -1.73. The fraction of sp³-hybridized carbons (Fsp3) is 0.364. The summed E-state index contributed by atoms with van der Waals surface area (Å²) in [5.74, 6) is 0.709. The molecule has 0 saturated heterocycles. The van der Waals surface area contributed by atoms with Crippen molar-refractivity contribution in [2.75, 3.05) is 25.6 Å². The van der Waals surface area contributed by atoms with Gasteiger partial charge in [0.1, 0.15) is 11.8 Å². The van der Waals surface area contributed by atoms with Gasteiger partial charge in [0, 0.05) is 19.2 Å². The number of nitrogens with one attached hydrogen (secondary N) is 1. The Morgan fingerprint density at radius 2 is 2.33 bits per heavy atom. The van der Waals surface area contributed by atoms with Crippen LogP contribution in [0.5, 0.6) is 5.75 Å². The Balaban J connectivity index is 2.78. The number of aliphatic hydroxyl groups excluding tert-OH is 1. The Bertz CT molecular complexity index is 358. The molecule has 0 heterocycles. The highest BCUT2D eigenvalue weighted by Crippen LogP contribution is 2.21. The number of nitrogens with zero attached hydrogens (tertiary/aromatic N) is 1. The summed E-state index contributed by atoms with van der Waals surface area (Å²) in [6.45, 7) is 0.775. The summed E-state index contributed by atoms with van der Waals surface area (Å²) in [5.41, 5.74) is 1.32. The van der Waals surface area contributed by atoms with E-state index in [-0.39, 0.29) is 6.61 Å². The predicted octanol–water partition coefficient (Wildman–Crippen LogP) is 1.36. The van der Waals surface area contributed by atoms with E-state index < -0.39 is 0 Å². The summed E-state index contributed by atoms with van der Waals surface area (Å²) in [4.78, 5) is 0. The lowest BCUT2D eigenvalue weighted by Gasteiger charge is -2.08. The van der Waals surface area contributed by atoms with Gasteiger partial charge in [-0.2, -0.15) is 5.26 Å². The molecule has 0 amide bonds. The van der Waals surface area contributed by atoms with Crippen LogP contribution in [0, 0.1) is 11.3 Å². The van der Waals surface area contributed by atoms with Crippen molar-refractivity contribution in [1.82, 2.24) is 0 Å². The van der Waals surface area contributed by atoms with Crippen molar-refractivity contribution in [1.29, 1.82) is 5.26 Å². The lowest BCUT2D eigenvalue weighted by atomic mass is 10.2. The molecule has 0 bridgehead atoms. The van der Waals surface area contributed by atoms with Crippen molar-refractivity contribution in [2.24, 2.45) is 0 Å². The van der Waals surface area contributed by atoms with Crippen molar-refractivity contribution < 1.29 is 9.84 Å². The fourth-order valence-electron chi connectivity index (χ4n) is 1.20. The molecule has 15 heavy (non-hydrogen) atoms. The maximum Gasteiger partial charge on any atom is 0.121 e. The molecule has 0 spiro atoms. The fourth-order valence-corrected chi connectivity index (χ4v) is 1.20. The smallest absolute Gasteiger partial charge is 0.121 e. The topological polar surface area (TPSA) is 65.3 Å². The molecule has 4 heteroatoms. The number of anilines is 1. The second-order valence-electron chi connectivity index (χ2n) is 3.03. The van der Waals surface area contributed by atoms with E-state index in [4.69, 9.17) is 15.1 Å². The van der Waals surface area contributed by atoms with E-state index in [9.17, 15) is 0 Å². The molecule has 80 valence electrons. The highest BCUT2D eigenvalue weighted by atomic mass is 16.5. The molecular formula is C11H14N2O2. The number of hydrogen-bond acceptors (Lipinski definition) is 4. The summed E-state index contributed by atoms with van der Waals surface area (Å²) in [5, 5.41) is 20.6.